The Morgan fingerprint density at radius 3 is 2.94 bits per heavy atom. The van der Waals surface area contributed by atoms with E-state index in [0.717, 1.165) is 12.2 Å². The number of thiocarbonyl (C=S) groups is 1. The Labute approximate surface area is 99.1 Å². The van der Waals surface area contributed by atoms with E-state index in [1.165, 1.54) is 12.8 Å². The molecule has 1 aliphatic carbocycles. The maximum Gasteiger partial charge on any atom is 0.218 e. The summed E-state index contributed by atoms with van der Waals surface area (Å²) in [6, 6.07) is 2.55. The van der Waals surface area contributed by atoms with Crippen molar-refractivity contribution in [3.63, 3.8) is 0 Å². The molecule has 0 aromatic carbocycles. The number of rotatable bonds is 3. The van der Waals surface area contributed by atoms with E-state index in [-0.39, 0.29) is 6.17 Å². The third-order valence-corrected chi connectivity index (χ3v) is 3.32. The van der Waals surface area contributed by atoms with E-state index in [1.807, 2.05) is 17.7 Å². The van der Waals surface area contributed by atoms with E-state index in [2.05, 4.69) is 20.2 Å². The van der Waals surface area contributed by atoms with Crippen LogP contribution >= 0.6 is 12.2 Å². The van der Waals surface area contributed by atoms with Crippen molar-refractivity contribution in [3.8, 4) is 0 Å². The summed E-state index contributed by atoms with van der Waals surface area (Å²) in [5.74, 6) is 0. The molecule has 1 atom stereocenters. The fourth-order valence-electron chi connectivity index (χ4n) is 1.97. The van der Waals surface area contributed by atoms with Gasteiger partial charge in [0.05, 0.1) is 6.54 Å². The standard InChI is InChI=1S/C10H13N5S/c1-7-4-5-11-14(7)6-9-12-13-10(16)15(9)8-2-3-8/h4-5,8-9H,2-3,6H2,1H3. The molecule has 6 heteroatoms. The molecule has 1 unspecified atom stereocenters. The highest BCUT2D eigenvalue weighted by Gasteiger charge is 2.39. The molecule has 0 radical (unpaired) electrons. The number of nitrogens with zero attached hydrogens (tertiary/aromatic N) is 5. The smallest absolute Gasteiger partial charge is 0.218 e. The molecule has 1 aromatic heterocycles. The molecule has 0 bridgehead atoms. The fourth-order valence-corrected chi connectivity index (χ4v) is 2.29. The van der Waals surface area contributed by atoms with Crippen LogP contribution in [0.25, 0.3) is 0 Å². The van der Waals surface area contributed by atoms with Crippen molar-refractivity contribution in [2.45, 2.75) is 38.5 Å². The Bertz CT molecular complexity index is 448. The first kappa shape index (κ1) is 9.89. The van der Waals surface area contributed by atoms with E-state index in [4.69, 9.17) is 12.2 Å². The lowest BCUT2D eigenvalue weighted by atomic mass is 10.4. The molecule has 0 N–H and O–H groups in total. The van der Waals surface area contributed by atoms with Gasteiger partial charge in [-0.3, -0.25) is 4.68 Å². The fraction of sp³-hybridized carbons (Fsp3) is 0.600. The molecular weight excluding hydrogens is 222 g/mol. The number of azo groups is 1. The lowest BCUT2D eigenvalue weighted by Gasteiger charge is -2.22. The summed E-state index contributed by atoms with van der Waals surface area (Å²) in [6.07, 6.45) is 4.26. The Kier molecular flexibility index (Phi) is 2.24. The first-order valence-electron chi connectivity index (χ1n) is 5.47. The third-order valence-electron chi connectivity index (χ3n) is 3.02. The van der Waals surface area contributed by atoms with Crippen molar-refractivity contribution in [1.29, 1.82) is 0 Å². The van der Waals surface area contributed by atoms with Gasteiger partial charge < -0.3 is 4.90 Å². The molecular formula is C10H13N5S. The van der Waals surface area contributed by atoms with Crippen molar-refractivity contribution in [3.05, 3.63) is 18.0 Å². The lowest BCUT2D eigenvalue weighted by Crippen LogP contribution is -2.37. The second-order valence-electron chi connectivity index (χ2n) is 4.27. The van der Waals surface area contributed by atoms with Gasteiger partial charge in [0, 0.05) is 17.9 Å². The van der Waals surface area contributed by atoms with Crippen molar-refractivity contribution >= 4 is 17.3 Å². The van der Waals surface area contributed by atoms with Crippen LogP contribution in [0.1, 0.15) is 18.5 Å². The number of aromatic nitrogens is 2. The quantitative estimate of drug-likeness (QED) is 0.750. The lowest BCUT2D eigenvalue weighted by molar-refractivity contribution is 0.288. The van der Waals surface area contributed by atoms with E-state index in [1.54, 1.807) is 6.20 Å². The Morgan fingerprint density at radius 2 is 2.31 bits per heavy atom. The highest BCUT2D eigenvalue weighted by Crippen LogP contribution is 2.32. The number of hydrogen-bond donors (Lipinski definition) is 0. The van der Waals surface area contributed by atoms with Gasteiger partial charge in [-0.2, -0.15) is 10.2 Å². The van der Waals surface area contributed by atoms with Crippen molar-refractivity contribution in [2.24, 2.45) is 10.2 Å². The van der Waals surface area contributed by atoms with Crippen LogP contribution in [-0.2, 0) is 6.54 Å². The second-order valence-corrected chi connectivity index (χ2v) is 4.64. The third kappa shape index (κ3) is 1.63. The zero-order valence-corrected chi connectivity index (χ0v) is 9.89. The minimum atomic E-state index is 0.0404. The Balaban J connectivity index is 1.77. The predicted molar refractivity (Wildman–Crippen MR) is 63.1 cm³/mol. The molecule has 0 spiro atoms. The maximum atomic E-state index is 5.20. The first-order chi connectivity index (χ1) is 7.75. The molecule has 3 rings (SSSR count). The summed E-state index contributed by atoms with van der Waals surface area (Å²) >= 11 is 5.20. The molecule has 2 aliphatic rings. The zero-order valence-electron chi connectivity index (χ0n) is 9.08. The minimum absolute atomic E-state index is 0.0404. The van der Waals surface area contributed by atoms with Crippen LogP contribution in [-0.4, -0.2) is 32.0 Å². The van der Waals surface area contributed by atoms with Crippen LogP contribution in [0.2, 0.25) is 0 Å². The first-order valence-corrected chi connectivity index (χ1v) is 5.88. The number of aryl methyl sites for hydroxylation is 1. The SMILES string of the molecule is Cc1ccnn1CC1N=NC(=S)N1C1CC1. The van der Waals surface area contributed by atoms with Crippen LogP contribution in [0, 0.1) is 6.92 Å². The van der Waals surface area contributed by atoms with Gasteiger partial charge in [0.1, 0.15) is 0 Å². The topological polar surface area (TPSA) is 45.8 Å². The Morgan fingerprint density at radius 1 is 1.50 bits per heavy atom. The summed E-state index contributed by atoms with van der Waals surface area (Å²) in [5.41, 5.74) is 1.14. The molecule has 1 aromatic rings. The summed E-state index contributed by atoms with van der Waals surface area (Å²) in [7, 11) is 0. The van der Waals surface area contributed by atoms with E-state index >= 15 is 0 Å². The van der Waals surface area contributed by atoms with Gasteiger partial charge in [0.25, 0.3) is 0 Å². The van der Waals surface area contributed by atoms with Gasteiger partial charge >= 0.3 is 0 Å². The maximum absolute atomic E-state index is 5.20. The van der Waals surface area contributed by atoms with Crippen molar-refractivity contribution in [1.82, 2.24) is 14.7 Å². The monoisotopic (exact) mass is 235 g/mol. The van der Waals surface area contributed by atoms with Crippen LogP contribution in [0.4, 0.5) is 0 Å². The second kappa shape index (κ2) is 3.62. The van der Waals surface area contributed by atoms with Gasteiger partial charge in [-0.25, -0.2) is 0 Å². The van der Waals surface area contributed by atoms with E-state index < -0.39 is 0 Å². The van der Waals surface area contributed by atoms with Crippen molar-refractivity contribution in [2.75, 3.05) is 0 Å². The summed E-state index contributed by atoms with van der Waals surface area (Å²) in [6.45, 7) is 2.78. The van der Waals surface area contributed by atoms with Crippen LogP contribution in [0.5, 0.6) is 0 Å². The molecule has 1 saturated carbocycles. The normalized spacial score (nSPS) is 24.4. The van der Waals surface area contributed by atoms with Gasteiger partial charge in [-0.05, 0) is 38.0 Å². The molecule has 0 saturated heterocycles. The van der Waals surface area contributed by atoms with Crippen LogP contribution in [0.3, 0.4) is 0 Å². The average Bonchev–Trinajstić information content (AvgIpc) is 2.92. The van der Waals surface area contributed by atoms with E-state index in [9.17, 15) is 0 Å². The van der Waals surface area contributed by atoms with Gasteiger partial charge in [-0.15, -0.1) is 5.11 Å². The minimum Gasteiger partial charge on any atom is -0.318 e. The summed E-state index contributed by atoms with van der Waals surface area (Å²) < 4.78 is 1.95. The Hall–Kier alpha value is -1.30. The highest BCUT2D eigenvalue weighted by atomic mass is 32.1. The van der Waals surface area contributed by atoms with Gasteiger partial charge in [-0.1, -0.05) is 0 Å². The molecule has 1 fully saturated rings. The molecule has 2 heterocycles. The predicted octanol–water partition coefficient (Wildman–Crippen LogP) is 1.73. The highest BCUT2D eigenvalue weighted by molar-refractivity contribution is 7.80. The van der Waals surface area contributed by atoms with Crippen LogP contribution in [0.15, 0.2) is 22.5 Å². The largest absolute Gasteiger partial charge is 0.318 e. The summed E-state index contributed by atoms with van der Waals surface area (Å²) in [5, 5.41) is 13.1. The number of hydrogen-bond acceptors (Lipinski definition) is 3. The van der Waals surface area contributed by atoms with Gasteiger partial charge in [0.2, 0.25) is 5.11 Å². The van der Waals surface area contributed by atoms with E-state index in [0.29, 0.717) is 11.2 Å². The van der Waals surface area contributed by atoms with Crippen molar-refractivity contribution < 1.29 is 0 Å². The van der Waals surface area contributed by atoms with Crippen LogP contribution < -0.4 is 0 Å². The molecule has 16 heavy (non-hydrogen) atoms. The molecule has 0 amide bonds. The van der Waals surface area contributed by atoms with Gasteiger partial charge in [0.15, 0.2) is 6.17 Å². The molecule has 1 aliphatic heterocycles. The average molecular weight is 235 g/mol. The molecule has 5 nitrogen and oxygen atoms in total. The zero-order chi connectivity index (χ0) is 11.1. The summed E-state index contributed by atoms with van der Waals surface area (Å²) in [4.78, 5) is 2.15. The molecule has 84 valence electrons.